The maximum absolute atomic E-state index is 3.71. The minimum atomic E-state index is 0.366. The smallest absolute Gasteiger partial charge is 0.0205 e. The van der Waals surface area contributed by atoms with Crippen molar-refractivity contribution >= 4 is 0 Å². The van der Waals surface area contributed by atoms with E-state index in [0.717, 1.165) is 32.1 Å². The molecule has 1 aliphatic rings. The van der Waals surface area contributed by atoms with E-state index in [-0.39, 0.29) is 0 Å². The SMILES string of the molecule is CC(C)(C)Cc1ccc(CNCCCNC2CCCCC2)cc1. The van der Waals surface area contributed by atoms with Crippen LogP contribution in [-0.2, 0) is 13.0 Å². The minimum absolute atomic E-state index is 0.366. The fourth-order valence-electron chi connectivity index (χ4n) is 3.45. The molecule has 1 aliphatic carbocycles. The highest BCUT2D eigenvalue weighted by Crippen LogP contribution is 2.20. The Morgan fingerprint density at radius 2 is 1.57 bits per heavy atom. The summed E-state index contributed by atoms with van der Waals surface area (Å²) >= 11 is 0. The number of hydrogen-bond acceptors (Lipinski definition) is 2. The van der Waals surface area contributed by atoms with Gasteiger partial charge < -0.3 is 10.6 Å². The standard InChI is InChI=1S/C21H36N2/c1-21(2,3)16-18-10-12-19(13-11-18)17-22-14-7-15-23-20-8-5-4-6-9-20/h10-13,20,22-23H,4-9,14-17H2,1-3H3. The van der Waals surface area contributed by atoms with E-state index in [1.807, 2.05) is 0 Å². The van der Waals surface area contributed by atoms with Crippen molar-refractivity contribution in [1.29, 1.82) is 0 Å². The molecule has 0 heterocycles. The normalized spacial score (nSPS) is 16.7. The van der Waals surface area contributed by atoms with E-state index in [1.54, 1.807) is 0 Å². The van der Waals surface area contributed by atoms with Crippen LogP contribution in [0.2, 0.25) is 0 Å². The Balaban J connectivity index is 1.55. The number of rotatable bonds is 8. The van der Waals surface area contributed by atoms with Crippen LogP contribution in [0.25, 0.3) is 0 Å². The Bertz CT molecular complexity index is 424. The average molecular weight is 317 g/mol. The summed E-state index contributed by atoms with van der Waals surface area (Å²) in [5, 5.41) is 7.28. The molecule has 1 fully saturated rings. The van der Waals surface area contributed by atoms with Gasteiger partial charge >= 0.3 is 0 Å². The molecule has 0 aromatic heterocycles. The van der Waals surface area contributed by atoms with Gasteiger partial charge in [0.25, 0.3) is 0 Å². The topological polar surface area (TPSA) is 24.1 Å². The van der Waals surface area contributed by atoms with E-state index < -0.39 is 0 Å². The third-order valence-electron chi connectivity index (χ3n) is 4.66. The van der Waals surface area contributed by atoms with E-state index in [9.17, 15) is 0 Å². The van der Waals surface area contributed by atoms with Crippen LogP contribution in [0.4, 0.5) is 0 Å². The molecule has 2 rings (SSSR count). The molecule has 0 unspecified atom stereocenters. The average Bonchev–Trinajstić information content (AvgIpc) is 2.52. The number of hydrogen-bond donors (Lipinski definition) is 2. The minimum Gasteiger partial charge on any atom is -0.314 e. The van der Waals surface area contributed by atoms with Gasteiger partial charge in [0.15, 0.2) is 0 Å². The molecule has 0 spiro atoms. The quantitative estimate of drug-likeness (QED) is 0.681. The first kappa shape index (κ1) is 18.5. The Morgan fingerprint density at radius 3 is 2.22 bits per heavy atom. The maximum atomic E-state index is 3.71. The highest BCUT2D eigenvalue weighted by Gasteiger charge is 2.12. The van der Waals surface area contributed by atoms with E-state index in [2.05, 4.69) is 55.7 Å². The van der Waals surface area contributed by atoms with Crippen LogP contribution < -0.4 is 10.6 Å². The van der Waals surface area contributed by atoms with Gasteiger partial charge in [-0.3, -0.25) is 0 Å². The zero-order chi connectivity index (χ0) is 16.5. The molecule has 1 saturated carbocycles. The summed E-state index contributed by atoms with van der Waals surface area (Å²) in [5.41, 5.74) is 3.20. The Labute approximate surface area is 143 Å². The first-order valence-electron chi connectivity index (χ1n) is 9.55. The van der Waals surface area contributed by atoms with Crippen LogP contribution in [0, 0.1) is 5.41 Å². The summed E-state index contributed by atoms with van der Waals surface area (Å²) in [7, 11) is 0. The molecular formula is C21H36N2. The van der Waals surface area contributed by atoms with Gasteiger partial charge in [-0.15, -0.1) is 0 Å². The van der Waals surface area contributed by atoms with Crippen molar-refractivity contribution in [3.8, 4) is 0 Å². The highest BCUT2D eigenvalue weighted by atomic mass is 14.9. The van der Waals surface area contributed by atoms with Gasteiger partial charge in [0.05, 0.1) is 0 Å². The van der Waals surface area contributed by atoms with Gasteiger partial charge in [0, 0.05) is 12.6 Å². The second kappa shape index (κ2) is 9.44. The molecule has 0 atom stereocenters. The third-order valence-corrected chi connectivity index (χ3v) is 4.66. The summed E-state index contributed by atoms with van der Waals surface area (Å²) in [4.78, 5) is 0. The van der Waals surface area contributed by atoms with Gasteiger partial charge in [0.1, 0.15) is 0 Å². The molecule has 0 amide bonds. The summed E-state index contributed by atoms with van der Waals surface area (Å²) in [6, 6.07) is 9.90. The van der Waals surface area contributed by atoms with Gasteiger partial charge in [-0.1, -0.05) is 64.3 Å². The van der Waals surface area contributed by atoms with Gasteiger partial charge in [-0.2, -0.15) is 0 Å². The number of benzene rings is 1. The van der Waals surface area contributed by atoms with E-state index in [1.165, 1.54) is 49.7 Å². The molecule has 0 saturated heterocycles. The molecule has 2 heteroatoms. The molecule has 130 valence electrons. The highest BCUT2D eigenvalue weighted by molar-refractivity contribution is 5.23. The molecule has 0 radical (unpaired) electrons. The molecule has 2 nitrogen and oxygen atoms in total. The molecule has 0 bridgehead atoms. The summed E-state index contributed by atoms with van der Waals surface area (Å²) in [6.07, 6.45) is 9.41. The Kier molecular flexibility index (Phi) is 7.58. The summed E-state index contributed by atoms with van der Waals surface area (Å²) in [5.74, 6) is 0. The van der Waals surface area contributed by atoms with Crippen molar-refractivity contribution in [3.63, 3.8) is 0 Å². The molecule has 1 aromatic carbocycles. The van der Waals surface area contributed by atoms with Crippen LogP contribution in [0.15, 0.2) is 24.3 Å². The lowest BCUT2D eigenvalue weighted by Crippen LogP contribution is -2.33. The van der Waals surface area contributed by atoms with Gasteiger partial charge in [-0.05, 0) is 55.3 Å². The maximum Gasteiger partial charge on any atom is 0.0205 e. The third kappa shape index (κ3) is 7.99. The van der Waals surface area contributed by atoms with E-state index >= 15 is 0 Å². The first-order valence-corrected chi connectivity index (χ1v) is 9.55. The molecular weight excluding hydrogens is 280 g/mol. The zero-order valence-electron chi connectivity index (χ0n) is 15.5. The van der Waals surface area contributed by atoms with Crippen LogP contribution in [0.1, 0.15) is 70.4 Å². The van der Waals surface area contributed by atoms with Crippen molar-refractivity contribution in [1.82, 2.24) is 10.6 Å². The molecule has 23 heavy (non-hydrogen) atoms. The molecule has 1 aromatic rings. The van der Waals surface area contributed by atoms with Crippen molar-refractivity contribution in [2.24, 2.45) is 5.41 Å². The van der Waals surface area contributed by atoms with Crippen LogP contribution in [0.5, 0.6) is 0 Å². The lowest BCUT2D eigenvalue weighted by Gasteiger charge is -2.22. The second-order valence-corrected chi connectivity index (χ2v) is 8.37. The predicted molar refractivity (Wildman–Crippen MR) is 101 cm³/mol. The fourth-order valence-corrected chi connectivity index (χ4v) is 3.45. The van der Waals surface area contributed by atoms with Gasteiger partial charge in [0.2, 0.25) is 0 Å². The van der Waals surface area contributed by atoms with Crippen molar-refractivity contribution in [2.75, 3.05) is 13.1 Å². The monoisotopic (exact) mass is 316 g/mol. The predicted octanol–water partition coefficient (Wildman–Crippen LogP) is 4.68. The van der Waals surface area contributed by atoms with Crippen LogP contribution in [0.3, 0.4) is 0 Å². The van der Waals surface area contributed by atoms with Crippen molar-refractivity contribution in [2.45, 2.75) is 78.3 Å². The molecule has 0 aliphatic heterocycles. The van der Waals surface area contributed by atoms with Crippen molar-refractivity contribution < 1.29 is 0 Å². The van der Waals surface area contributed by atoms with Crippen molar-refractivity contribution in [3.05, 3.63) is 35.4 Å². The van der Waals surface area contributed by atoms with E-state index in [4.69, 9.17) is 0 Å². The molecule has 2 N–H and O–H groups in total. The Hall–Kier alpha value is -0.860. The van der Waals surface area contributed by atoms with E-state index in [0.29, 0.717) is 5.41 Å². The van der Waals surface area contributed by atoms with Crippen LogP contribution in [-0.4, -0.2) is 19.1 Å². The number of nitrogens with one attached hydrogen (secondary N) is 2. The fraction of sp³-hybridized carbons (Fsp3) is 0.714. The van der Waals surface area contributed by atoms with Gasteiger partial charge in [-0.25, -0.2) is 0 Å². The first-order chi connectivity index (χ1) is 11.0. The summed E-state index contributed by atoms with van der Waals surface area (Å²) < 4.78 is 0. The second-order valence-electron chi connectivity index (χ2n) is 8.37. The Morgan fingerprint density at radius 1 is 0.913 bits per heavy atom. The lowest BCUT2D eigenvalue weighted by molar-refractivity contribution is 0.371. The zero-order valence-corrected chi connectivity index (χ0v) is 15.5. The largest absolute Gasteiger partial charge is 0.314 e. The van der Waals surface area contributed by atoms with Crippen LogP contribution >= 0.6 is 0 Å². The lowest BCUT2D eigenvalue weighted by atomic mass is 9.88. The summed E-state index contributed by atoms with van der Waals surface area (Å²) in [6.45, 7) is 10.1.